The van der Waals surface area contributed by atoms with Crippen LogP contribution >= 0.6 is 0 Å². The minimum atomic E-state index is -0.781. The van der Waals surface area contributed by atoms with Gasteiger partial charge in [0.25, 0.3) is 0 Å². The maximum Gasteiger partial charge on any atom is 0.310 e. The SMILES string of the molecule is Cc1ccc(OCCCC(C(=O)O)c2ccccc2)cc1. The first-order chi connectivity index (χ1) is 10.2. The molecule has 0 aromatic heterocycles. The Hall–Kier alpha value is -2.29. The molecule has 2 aromatic carbocycles. The first kappa shape index (κ1) is 15.1. The van der Waals surface area contributed by atoms with Gasteiger partial charge in [0.05, 0.1) is 12.5 Å². The van der Waals surface area contributed by atoms with Gasteiger partial charge in [-0.05, 0) is 37.5 Å². The molecule has 0 fully saturated rings. The van der Waals surface area contributed by atoms with E-state index in [9.17, 15) is 9.90 Å². The van der Waals surface area contributed by atoms with Crippen molar-refractivity contribution in [3.05, 3.63) is 65.7 Å². The van der Waals surface area contributed by atoms with Gasteiger partial charge >= 0.3 is 5.97 Å². The molecule has 3 nitrogen and oxygen atoms in total. The van der Waals surface area contributed by atoms with Crippen molar-refractivity contribution in [2.24, 2.45) is 0 Å². The molecule has 0 saturated heterocycles. The van der Waals surface area contributed by atoms with Crippen molar-refractivity contribution in [2.75, 3.05) is 6.61 Å². The van der Waals surface area contributed by atoms with Crippen LogP contribution in [0.1, 0.15) is 29.9 Å². The molecular weight excluding hydrogens is 264 g/mol. The van der Waals surface area contributed by atoms with Gasteiger partial charge < -0.3 is 9.84 Å². The zero-order chi connectivity index (χ0) is 15.1. The number of carboxylic acids is 1. The Bertz CT molecular complexity index is 561. The summed E-state index contributed by atoms with van der Waals surface area (Å²) in [7, 11) is 0. The zero-order valence-electron chi connectivity index (χ0n) is 12.2. The van der Waals surface area contributed by atoms with Crippen molar-refractivity contribution in [2.45, 2.75) is 25.7 Å². The molecule has 2 rings (SSSR count). The monoisotopic (exact) mass is 284 g/mol. The number of hydrogen-bond donors (Lipinski definition) is 1. The number of carbonyl (C=O) groups is 1. The minimum absolute atomic E-state index is 0.465. The number of ether oxygens (including phenoxy) is 1. The van der Waals surface area contributed by atoms with Crippen LogP contribution in [0, 0.1) is 6.92 Å². The summed E-state index contributed by atoms with van der Waals surface area (Å²) < 4.78 is 5.63. The van der Waals surface area contributed by atoms with Crippen LogP contribution < -0.4 is 4.74 Å². The fourth-order valence-corrected chi connectivity index (χ4v) is 2.23. The van der Waals surface area contributed by atoms with Crippen LogP contribution in [0.15, 0.2) is 54.6 Å². The first-order valence-corrected chi connectivity index (χ1v) is 7.14. The molecule has 0 aliphatic carbocycles. The molecule has 110 valence electrons. The number of aliphatic carboxylic acids is 1. The molecule has 0 heterocycles. The second kappa shape index (κ2) is 7.48. The number of hydrogen-bond acceptors (Lipinski definition) is 2. The molecule has 0 aliphatic heterocycles. The van der Waals surface area contributed by atoms with Crippen LogP contribution in [-0.2, 0) is 4.79 Å². The van der Waals surface area contributed by atoms with Gasteiger partial charge in [0.1, 0.15) is 5.75 Å². The third-order valence-electron chi connectivity index (χ3n) is 3.43. The van der Waals surface area contributed by atoms with Crippen LogP contribution in [0.2, 0.25) is 0 Å². The quantitative estimate of drug-likeness (QED) is 0.781. The first-order valence-electron chi connectivity index (χ1n) is 7.14. The highest BCUT2D eigenvalue weighted by Crippen LogP contribution is 2.21. The van der Waals surface area contributed by atoms with Gasteiger partial charge in [-0.1, -0.05) is 48.0 Å². The van der Waals surface area contributed by atoms with E-state index in [0.29, 0.717) is 19.4 Å². The normalized spacial score (nSPS) is 11.9. The van der Waals surface area contributed by atoms with Crippen LogP contribution in [0.5, 0.6) is 5.75 Å². The third-order valence-corrected chi connectivity index (χ3v) is 3.43. The lowest BCUT2D eigenvalue weighted by molar-refractivity contribution is -0.139. The van der Waals surface area contributed by atoms with E-state index < -0.39 is 11.9 Å². The van der Waals surface area contributed by atoms with Gasteiger partial charge in [0.15, 0.2) is 0 Å². The van der Waals surface area contributed by atoms with Crippen molar-refractivity contribution in [3.63, 3.8) is 0 Å². The van der Waals surface area contributed by atoms with Crippen LogP contribution in [0.4, 0.5) is 0 Å². The van der Waals surface area contributed by atoms with Crippen LogP contribution in [0.3, 0.4) is 0 Å². The van der Waals surface area contributed by atoms with E-state index in [2.05, 4.69) is 0 Å². The van der Waals surface area contributed by atoms with Crippen molar-refractivity contribution >= 4 is 5.97 Å². The average Bonchev–Trinajstić information content (AvgIpc) is 2.49. The van der Waals surface area contributed by atoms with Crippen molar-refractivity contribution in [1.29, 1.82) is 0 Å². The van der Waals surface area contributed by atoms with Gasteiger partial charge in [0, 0.05) is 0 Å². The third kappa shape index (κ3) is 4.63. The zero-order valence-corrected chi connectivity index (χ0v) is 12.2. The molecular formula is C18H20O3. The molecule has 2 aromatic rings. The Kier molecular flexibility index (Phi) is 5.38. The highest BCUT2D eigenvalue weighted by Gasteiger charge is 2.18. The highest BCUT2D eigenvalue weighted by molar-refractivity contribution is 5.75. The van der Waals surface area contributed by atoms with Gasteiger partial charge in [-0.3, -0.25) is 4.79 Å². The molecule has 1 atom stereocenters. The van der Waals surface area contributed by atoms with Crippen LogP contribution in [0.25, 0.3) is 0 Å². The Balaban J connectivity index is 1.83. The van der Waals surface area contributed by atoms with E-state index in [0.717, 1.165) is 11.3 Å². The molecule has 0 saturated carbocycles. The summed E-state index contributed by atoms with van der Waals surface area (Å²) >= 11 is 0. The summed E-state index contributed by atoms with van der Waals surface area (Å²) in [6.07, 6.45) is 1.28. The van der Waals surface area contributed by atoms with Crippen LogP contribution in [-0.4, -0.2) is 17.7 Å². The summed E-state index contributed by atoms with van der Waals surface area (Å²) in [6, 6.07) is 17.2. The van der Waals surface area contributed by atoms with E-state index in [1.165, 1.54) is 5.56 Å². The van der Waals surface area contributed by atoms with E-state index in [1.54, 1.807) is 0 Å². The van der Waals surface area contributed by atoms with E-state index in [4.69, 9.17) is 4.74 Å². The highest BCUT2D eigenvalue weighted by atomic mass is 16.5. The van der Waals surface area contributed by atoms with Gasteiger partial charge in [-0.25, -0.2) is 0 Å². The summed E-state index contributed by atoms with van der Waals surface area (Å²) in [5, 5.41) is 9.33. The predicted octanol–water partition coefficient (Wildman–Crippen LogP) is 4.02. The average molecular weight is 284 g/mol. The van der Waals surface area contributed by atoms with Crippen molar-refractivity contribution < 1.29 is 14.6 Å². The molecule has 0 amide bonds. The number of carboxylic acid groups (broad SMARTS) is 1. The Morgan fingerprint density at radius 1 is 1.10 bits per heavy atom. The lowest BCUT2D eigenvalue weighted by Gasteiger charge is -2.13. The Morgan fingerprint density at radius 3 is 2.38 bits per heavy atom. The maximum absolute atomic E-state index is 11.4. The van der Waals surface area contributed by atoms with Gasteiger partial charge in [-0.2, -0.15) is 0 Å². The van der Waals surface area contributed by atoms with Crippen molar-refractivity contribution in [3.8, 4) is 5.75 Å². The number of aryl methyl sites for hydroxylation is 1. The summed E-state index contributed by atoms with van der Waals surface area (Å²) in [4.78, 5) is 11.4. The molecule has 0 radical (unpaired) electrons. The molecule has 21 heavy (non-hydrogen) atoms. The maximum atomic E-state index is 11.4. The molecule has 0 spiro atoms. The largest absolute Gasteiger partial charge is 0.494 e. The molecule has 0 bridgehead atoms. The molecule has 1 unspecified atom stereocenters. The smallest absolute Gasteiger partial charge is 0.310 e. The van der Waals surface area contributed by atoms with E-state index in [1.807, 2.05) is 61.5 Å². The fraction of sp³-hybridized carbons (Fsp3) is 0.278. The van der Waals surface area contributed by atoms with E-state index >= 15 is 0 Å². The lowest BCUT2D eigenvalue weighted by atomic mass is 9.95. The summed E-state index contributed by atoms with van der Waals surface area (Å²) in [6.45, 7) is 2.56. The molecule has 0 aliphatic rings. The number of benzene rings is 2. The van der Waals surface area contributed by atoms with E-state index in [-0.39, 0.29) is 0 Å². The molecule has 1 N–H and O–H groups in total. The second-order valence-corrected chi connectivity index (χ2v) is 5.11. The Labute approximate surface area is 125 Å². The Morgan fingerprint density at radius 2 is 1.76 bits per heavy atom. The fourth-order valence-electron chi connectivity index (χ4n) is 2.23. The van der Waals surface area contributed by atoms with Crippen molar-refractivity contribution in [1.82, 2.24) is 0 Å². The predicted molar refractivity (Wildman–Crippen MR) is 82.7 cm³/mol. The standard InChI is InChI=1S/C18H20O3/c1-14-9-11-16(12-10-14)21-13-5-8-17(18(19)20)15-6-3-2-4-7-15/h2-4,6-7,9-12,17H,5,8,13H2,1H3,(H,19,20). The van der Waals surface area contributed by atoms with Gasteiger partial charge in [-0.15, -0.1) is 0 Å². The topological polar surface area (TPSA) is 46.5 Å². The summed E-state index contributed by atoms with van der Waals surface area (Å²) in [5.41, 5.74) is 2.04. The molecule has 3 heteroatoms. The lowest BCUT2D eigenvalue weighted by Crippen LogP contribution is -2.13. The minimum Gasteiger partial charge on any atom is -0.494 e. The van der Waals surface area contributed by atoms with Gasteiger partial charge in [0.2, 0.25) is 0 Å². The second-order valence-electron chi connectivity index (χ2n) is 5.11. The summed E-state index contributed by atoms with van der Waals surface area (Å²) in [5.74, 6) is -0.420. The number of rotatable bonds is 7.